The van der Waals surface area contributed by atoms with Crippen molar-refractivity contribution >= 4 is 53.3 Å². The van der Waals surface area contributed by atoms with Crippen LogP contribution in [0.2, 0.25) is 0 Å². The molecule has 0 spiro atoms. The van der Waals surface area contributed by atoms with E-state index in [-0.39, 0.29) is 18.5 Å². The summed E-state index contributed by atoms with van der Waals surface area (Å²) in [4.78, 5) is 0. The summed E-state index contributed by atoms with van der Waals surface area (Å²) in [6.45, 7) is 0. The van der Waals surface area contributed by atoms with Crippen LogP contribution in [0.3, 0.4) is 0 Å². The molecule has 3 heterocycles. The van der Waals surface area contributed by atoms with Gasteiger partial charge in [0.05, 0.1) is 17.2 Å². The van der Waals surface area contributed by atoms with Gasteiger partial charge in [-0.2, -0.15) is 0 Å². The van der Waals surface area contributed by atoms with Crippen LogP contribution in [0.25, 0.3) is 75.2 Å². The summed E-state index contributed by atoms with van der Waals surface area (Å²) in [6, 6.07) is 70.1. The number of nitrogens with zero attached hydrogens (tertiary/aromatic N) is 2. The lowest BCUT2D eigenvalue weighted by atomic mass is 10.00. The van der Waals surface area contributed by atoms with Gasteiger partial charge >= 0.3 is 0 Å². The van der Waals surface area contributed by atoms with E-state index in [1.165, 1.54) is 64.2 Å². The summed E-state index contributed by atoms with van der Waals surface area (Å²) in [5, 5.41) is 18.1. The summed E-state index contributed by atoms with van der Waals surface area (Å²) >= 11 is 1.88. The van der Waals surface area contributed by atoms with E-state index in [2.05, 4.69) is 209 Å². The summed E-state index contributed by atoms with van der Waals surface area (Å²) in [5.41, 5.74) is 11.9. The van der Waals surface area contributed by atoms with Crippen molar-refractivity contribution in [2.75, 3.05) is 0 Å². The Bertz CT molecular complexity index is 3020. The van der Waals surface area contributed by atoms with Gasteiger partial charge in [-0.15, -0.1) is 11.3 Å². The van der Waals surface area contributed by atoms with Crippen molar-refractivity contribution in [1.29, 1.82) is 0 Å². The molecule has 10 aromatic rings. The molecule has 3 atom stereocenters. The molecule has 0 saturated carbocycles. The smallest absolute Gasteiger partial charge is 0.0814 e. The topological polar surface area (TPSA) is 43.1 Å². The van der Waals surface area contributed by atoms with E-state index >= 15 is 0 Å². The van der Waals surface area contributed by atoms with Gasteiger partial charge in [-0.1, -0.05) is 187 Å². The van der Waals surface area contributed by atoms with Crippen LogP contribution in [-0.4, -0.2) is 4.57 Å². The van der Waals surface area contributed by atoms with Crippen molar-refractivity contribution in [2.24, 2.45) is 0 Å². The Labute approximate surface area is 329 Å². The van der Waals surface area contributed by atoms with Crippen molar-refractivity contribution in [3.63, 3.8) is 0 Å². The molecule has 8 aromatic carbocycles. The average Bonchev–Trinajstić information content (AvgIpc) is 3.83. The third kappa shape index (κ3) is 5.72. The fourth-order valence-corrected chi connectivity index (χ4v) is 9.76. The highest BCUT2D eigenvalue weighted by molar-refractivity contribution is 7.26. The Hall–Kier alpha value is -6.34. The van der Waals surface area contributed by atoms with Crippen LogP contribution >= 0.6 is 11.3 Å². The summed E-state index contributed by atoms with van der Waals surface area (Å²) in [6.07, 6.45) is -0.492. The first kappa shape index (κ1) is 33.0. The molecular weight excluding hydrogens is 701 g/mol. The molecule has 1 aliphatic rings. The van der Waals surface area contributed by atoms with Crippen LogP contribution in [0.5, 0.6) is 0 Å². The number of aromatic nitrogens is 1. The van der Waals surface area contributed by atoms with Gasteiger partial charge in [0.1, 0.15) is 0 Å². The molecular formula is C51H37N4S-. The number of hydrogen-bond acceptors (Lipinski definition) is 3. The number of rotatable bonds is 6. The number of nitrogens with one attached hydrogen (secondary N) is 2. The van der Waals surface area contributed by atoms with Gasteiger partial charge in [-0.25, -0.2) is 0 Å². The highest BCUT2D eigenvalue weighted by Crippen LogP contribution is 2.42. The van der Waals surface area contributed by atoms with E-state index in [1.54, 1.807) is 0 Å². The molecule has 2 N–H and O–H groups in total. The van der Waals surface area contributed by atoms with Gasteiger partial charge in [0.15, 0.2) is 0 Å². The molecule has 2 aromatic heterocycles. The molecule has 1 saturated heterocycles. The summed E-state index contributed by atoms with van der Waals surface area (Å²) in [5.74, 6) is 0. The molecule has 0 bridgehead atoms. The lowest BCUT2D eigenvalue weighted by Crippen LogP contribution is -2.44. The van der Waals surface area contributed by atoms with Gasteiger partial charge in [0.25, 0.3) is 0 Å². The van der Waals surface area contributed by atoms with Crippen molar-refractivity contribution < 1.29 is 0 Å². The number of fused-ring (bicyclic) bond motifs is 6. The molecule has 3 unspecified atom stereocenters. The second-order valence-corrected chi connectivity index (χ2v) is 15.6. The van der Waals surface area contributed by atoms with Gasteiger partial charge in [0.2, 0.25) is 0 Å². The zero-order valence-corrected chi connectivity index (χ0v) is 31.3. The van der Waals surface area contributed by atoms with E-state index < -0.39 is 0 Å². The fraction of sp³-hybridized carbons (Fsp3) is 0.0588. The van der Waals surface area contributed by atoms with E-state index in [4.69, 9.17) is 5.32 Å². The molecule has 0 amide bonds. The Morgan fingerprint density at radius 3 is 1.91 bits per heavy atom. The molecule has 11 rings (SSSR count). The molecule has 268 valence electrons. The first-order valence-electron chi connectivity index (χ1n) is 19.2. The maximum atomic E-state index is 5.30. The second kappa shape index (κ2) is 13.7. The Morgan fingerprint density at radius 2 is 1.07 bits per heavy atom. The van der Waals surface area contributed by atoms with E-state index in [9.17, 15) is 0 Å². The van der Waals surface area contributed by atoms with E-state index in [1.807, 2.05) is 11.3 Å². The summed E-state index contributed by atoms with van der Waals surface area (Å²) < 4.78 is 5.08. The van der Waals surface area contributed by atoms with Crippen LogP contribution in [0.1, 0.15) is 35.2 Å². The number of benzene rings is 8. The van der Waals surface area contributed by atoms with Gasteiger partial charge in [-0.05, 0) is 58.1 Å². The predicted molar refractivity (Wildman–Crippen MR) is 235 cm³/mol. The summed E-state index contributed by atoms with van der Waals surface area (Å²) in [7, 11) is 0. The molecule has 4 nitrogen and oxygen atoms in total. The largest absolute Gasteiger partial charge is 0.624 e. The second-order valence-electron chi connectivity index (χ2n) is 14.6. The maximum Gasteiger partial charge on any atom is 0.0814 e. The van der Waals surface area contributed by atoms with Crippen LogP contribution in [0.15, 0.2) is 194 Å². The molecule has 0 aliphatic carbocycles. The standard InChI is InChI=1S/C51H37N4S/c1-3-13-33(14-4-1)36-17-11-18-38(31-36)51-53-49(34-15-5-2-6-16-34)52-50(54-51)35-25-28-39(29-26-35)55-45-23-9-7-19-41(45)42-30-27-37(32-46(42)55)40-21-12-22-44-43-20-8-10-24-47(43)56-48(40)44/h1-32,49-52,54H/q-1. The number of thiophene rings is 1. The Kier molecular flexibility index (Phi) is 8.11. The molecule has 56 heavy (non-hydrogen) atoms. The third-order valence-electron chi connectivity index (χ3n) is 11.2. The van der Waals surface area contributed by atoms with Gasteiger partial charge < -0.3 is 20.5 Å². The van der Waals surface area contributed by atoms with Crippen LogP contribution in [0.4, 0.5) is 0 Å². The van der Waals surface area contributed by atoms with Gasteiger partial charge in [-0.3, -0.25) is 0 Å². The normalized spacial score (nSPS) is 17.2. The molecule has 1 aliphatic heterocycles. The van der Waals surface area contributed by atoms with Crippen molar-refractivity contribution in [2.45, 2.75) is 18.5 Å². The highest BCUT2D eigenvalue weighted by Gasteiger charge is 2.23. The first-order valence-corrected chi connectivity index (χ1v) is 20.0. The van der Waals surface area contributed by atoms with Crippen molar-refractivity contribution in [3.8, 4) is 27.9 Å². The SMILES string of the molecule is c1ccc(-c2cccc(C3[N-]C(c4ccccc4)NC(c4ccc(-n5c6ccccc6c6ccc(-c7cccc8c7sc7ccccc78)cc65)cc4)N3)c2)cc1. The third-order valence-corrected chi connectivity index (χ3v) is 12.5. The van der Waals surface area contributed by atoms with Crippen molar-refractivity contribution in [3.05, 3.63) is 216 Å². The molecule has 5 heteroatoms. The number of para-hydroxylation sites is 1. The van der Waals surface area contributed by atoms with E-state index in [0.29, 0.717) is 0 Å². The number of hydrogen-bond donors (Lipinski definition) is 2. The average molecular weight is 738 g/mol. The lowest BCUT2D eigenvalue weighted by Gasteiger charge is -2.50. The van der Waals surface area contributed by atoms with Crippen LogP contribution < -0.4 is 10.6 Å². The minimum Gasteiger partial charge on any atom is -0.624 e. The Morgan fingerprint density at radius 1 is 0.429 bits per heavy atom. The quantitative estimate of drug-likeness (QED) is 0.178. The lowest BCUT2D eigenvalue weighted by molar-refractivity contribution is 0.316. The van der Waals surface area contributed by atoms with Crippen LogP contribution in [0, 0.1) is 0 Å². The Balaban J connectivity index is 0.978. The minimum absolute atomic E-state index is 0.122. The maximum absolute atomic E-state index is 5.30. The van der Waals surface area contributed by atoms with E-state index in [0.717, 1.165) is 22.4 Å². The fourth-order valence-electron chi connectivity index (χ4n) is 8.52. The zero-order valence-electron chi connectivity index (χ0n) is 30.5. The zero-order chi connectivity index (χ0) is 37.0. The highest BCUT2D eigenvalue weighted by atomic mass is 32.1. The monoisotopic (exact) mass is 737 g/mol. The van der Waals surface area contributed by atoms with Gasteiger partial charge in [0, 0.05) is 36.6 Å². The van der Waals surface area contributed by atoms with Crippen LogP contribution in [-0.2, 0) is 0 Å². The first-order chi connectivity index (χ1) is 27.7. The minimum atomic E-state index is -0.198. The molecule has 1 fully saturated rings. The predicted octanol–water partition coefficient (Wildman–Crippen LogP) is 13.4. The molecule has 0 radical (unpaired) electrons. The van der Waals surface area contributed by atoms with Crippen molar-refractivity contribution in [1.82, 2.24) is 15.2 Å².